The van der Waals surface area contributed by atoms with Crippen molar-refractivity contribution in [2.45, 2.75) is 77.0 Å². The zero-order chi connectivity index (χ0) is 17.0. The summed E-state index contributed by atoms with van der Waals surface area (Å²) in [5, 5.41) is 4.67. The van der Waals surface area contributed by atoms with E-state index in [1.54, 1.807) is 5.57 Å². The molecule has 0 unspecified atom stereocenters. The van der Waals surface area contributed by atoms with E-state index in [0.717, 1.165) is 6.54 Å². The van der Waals surface area contributed by atoms with Crippen molar-refractivity contribution in [1.29, 1.82) is 0 Å². The topological polar surface area (TPSA) is 95.8 Å². The van der Waals surface area contributed by atoms with E-state index in [9.17, 15) is 0 Å². The van der Waals surface area contributed by atoms with Crippen LogP contribution in [0.2, 0.25) is 0 Å². The summed E-state index contributed by atoms with van der Waals surface area (Å²) >= 11 is -5.38. The van der Waals surface area contributed by atoms with Crippen molar-refractivity contribution in [1.82, 2.24) is 5.43 Å². The fourth-order valence-corrected chi connectivity index (χ4v) is 2.92. The van der Waals surface area contributed by atoms with Crippen molar-refractivity contribution in [2.75, 3.05) is 6.54 Å². The second-order valence-electron chi connectivity index (χ2n) is 6.06. The Morgan fingerprint density at radius 1 is 0.870 bits per heavy atom. The molecule has 6 nitrogen and oxygen atoms in total. The molecule has 1 heterocycles. The normalized spacial score (nSPS) is 21.3. The standard InChI is InChI=1S/C16H28N2.Mn.H2O.3O/c1-2-4-8-12-15(11-7-3-1)16-13-9-5-6-10-14-17-18-16;;;;;/h11,17H,1-10,12-14H2;;1H2;;;/q;+1;;;;/p-1. The van der Waals surface area contributed by atoms with Crippen LogP contribution in [0.15, 0.2) is 16.8 Å². The Kier molecular flexibility index (Phi) is 10.2. The third kappa shape index (κ3) is 12.2. The summed E-state index contributed by atoms with van der Waals surface area (Å²) in [5.41, 5.74) is 6.18. The molecular weight excluding hydrogens is 339 g/mol. The van der Waals surface area contributed by atoms with Crippen LogP contribution >= 0.6 is 0 Å². The molecule has 2 aliphatic rings. The minimum atomic E-state index is -5.38. The van der Waals surface area contributed by atoms with Crippen molar-refractivity contribution >= 4 is 5.71 Å². The number of hydrogen-bond acceptors (Lipinski definition) is 5. The number of nitrogens with zero attached hydrogens (tertiary/aromatic N) is 1. The molecule has 0 saturated carbocycles. The van der Waals surface area contributed by atoms with E-state index in [1.165, 1.54) is 82.8 Å². The summed E-state index contributed by atoms with van der Waals surface area (Å²) in [7, 11) is 0. The third-order valence-electron chi connectivity index (χ3n) is 4.08. The SMILES string of the molecule is C1=C(C2=NNCCCCCC2)CCCCCCC1.[O]=[Mn](=[O])(=[O])[OH]. The molecule has 1 aliphatic heterocycles. The molecule has 7 heteroatoms. The molecule has 0 fully saturated rings. The van der Waals surface area contributed by atoms with Gasteiger partial charge in [0.15, 0.2) is 0 Å². The van der Waals surface area contributed by atoms with Gasteiger partial charge in [-0.3, -0.25) is 0 Å². The molecule has 0 bridgehead atoms. The van der Waals surface area contributed by atoms with E-state index in [0.29, 0.717) is 0 Å². The van der Waals surface area contributed by atoms with Gasteiger partial charge in [0.05, 0.1) is 5.71 Å². The van der Waals surface area contributed by atoms with E-state index in [4.69, 9.17) is 15.7 Å². The van der Waals surface area contributed by atoms with E-state index in [2.05, 4.69) is 16.6 Å². The minimum absolute atomic E-state index is 1.05. The average Bonchev–Trinajstić information content (AvgIpc) is 2.68. The van der Waals surface area contributed by atoms with Gasteiger partial charge in [0.1, 0.15) is 0 Å². The van der Waals surface area contributed by atoms with Crippen LogP contribution in [0.5, 0.6) is 0 Å². The second-order valence-corrected chi connectivity index (χ2v) is 7.30. The van der Waals surface area contributed by atoms with Crippen molar-refractivity contribution in [3.05, 3.63) is 11.6 Å². The van der Waals surface area contributed by atoms with Crippen LogP contribution in [0.1, 0.15) is 77.0 Å². The Labute approximate surface area is 140 Å². The van der Waals surface area contributed by atoms with Gasteiger partial charge < -0.3 is 5.43 Å². The van der Waals surface area contributed by atoms with Crippen LogP contribution in [-0.4, -0.2) is 16.4 Å². The Hall–Kier alpha value is -0.911. The molecule has 0 radical (unpaired) electrons. The molecule has 2 N–H and O–H groups in total. The van der Waals surface area contributed by atoms with Crippen molar-refractivity contribution < 1.29 is 28.7 Å². The van der Waals surface area contributed by atoms with E-state index < -0.39 is 13.0 Å². The van der Waals surface area contributed by atoms with Crippen molar-refractivity contribution in [3.8, 4) is 0 Å². The molecular formula is C16H29MnN2O4. The van der Waals surface area contributed by atoms with Crippen LogP contribution in [0, 0.1) is 0 Å². The van der Waals surface area contributed by atoms with Gasteiger partial charge in [-0.1, -0.05) is 38.2 Å². The summed E-state index contributed by atoms with van der Waals surface area (Å²) < 4.78 is 33.1. The van der Waals surface area contributed by atoms with Crippen LogP contribution < -0.4 is 5.43 Å². The first-order valence-corrected chi connectivity index (χ1v) is 10.6. The zero-order valence-corrected chi connectivity index (χ0v) is 14.9. The third-order valence-corrected chi connectivity index (χ3v) is 4.08. The number of nitrogens with one attached hydrogen (secondary N) is 1. The Bertz CT molecular complexity index is 503. The zero-order valence-electron chi connectivity index (χ0n) is 13.8. The van der Waals surface area contributed by atoms with Gasteiger partial charge in [0.2, 0.25) is 0 Å². The number of rotatable bonds is 1. The summed E-state index contributed by atoms with van der Waals surface area (Å²) in [6, 6.07) is 0. The monoisotopic (exact) mass is 368 g/mol. The fourth-order valence-electron chi connectivity index (χ4n) is 2.92. The molecule has 0 aromatic rings. The van der Waals surface area contributed by atoms with Crippen LogP contribution in [0.4, 0.5) is 0 Å². The van der Waals surface area contributed by atoms with Crippen LogP contribution in [-0.2, 0) is 24.5 Å². The van der Waals surface area contributed by atoms with E-state index in [1.807, 2.05) is 0 Å². The predicted molar refractivity (Wildman–Crippen MR) is 83.2 cm³/mol. The quantitative estimate of drug-likeness (QED) is 0.689. The Balaban J connectivity index is 0.000000463. The number of hydrogen-bond donors (Lipinski definition) is 2. The average molecular weight is 368 g/mol. The summed E-state index contributed by atoms with van der Waals surface area (Å²) in [6.45, 7) is 1.05. The van der Waals surface area contributed by atoms with Gasteiger partial charge >= 0.3 is 28.7 Å². The summed E-state index contributed by atoms with van der Waals surface area (Å²) in [4.78, 5) is 0. The number of hydrazone groups is 1. The van der Waals surface area contributed by atoms with Gasteiger partial charge in [-0.2, -0.15) is 5.10 Å². The first kappa shape index (κ1) is 20.1. The van der Waals surface area contributed by atoms with Gasteiger partial charge in [0, 0.05) is 6.54 Å². The molecule has 0 saturated heterocycles. The van der Waals surface area contributed by atoms with Gasteiger partial charge in [-0.05, 0) is 50.5 Å². The molecule has 23 heavy (non-hydrogen) atoms. The number of allylic oxidation sites excluding steroid dienone is 2. The summed E-state index contributed by atoms with van der Waals surface area (Å²) in [6.07, 6.45) is 18.4. The van der Waals surface area contributed by atoms with Crippen LogP contribution in [0.25, 0.3) is 0 Å². The van der Waals surface area contributed by atoms with E-state index in [-0.39, 0.29) is 0 Å². The Morgan fingerprint density at radius 3 is 2.17 bits per heavy atom. The molecule has 0 atom stereocenters. The van der Waals surface area contributed by atoms with Crippen molar-refractivity contribution in [3.63, 3.8) is 0 Å². The molecule has 0 spiro atoms. The molecule has 0 aromatic carbocycles. The van der Waals surface area contributed by atoms with Gasteiger partial charge in [-0.15, -0.1) is 0 Å². The first-order valence-electron chi connectivity index (χ1n) is 8.59. The van der Waals surface area contributed by atoms with Gasteiger partial charge in [0.25, 0.3) is 0 Å². The first-order chi connectivity index (χ1) is 11.0. The predicted octanol–water partition coefficient (Wildman–Crippen LogP) is 3.65. The molecule has 0 aromatic heterocycles. The molecule has 2 rings (SSSR count). The maximum atomic E-state index is 8.69. The maximum absolute atomic E-state index is 8.69. The molecule has 134 valence electrons. The summed E-state index contributed by atoms with van der Waals surface area (Å²) in [5.74, 6) is 0. The van der Waals surface area contributed by atoms with Crippen LogP contribution in [0.3, 0.4) is 0 Å². The second kappa shape index (κ2) is 11.6. The van der Waals surface area contributed by atoms with Crippen molar-refractivity contribution in [2.24, 2.45) is 5.10 Å². The van der Waals surface area contributed by atoms with Gasteiger partial charge in [-0.25, -0.2) is 0 Å². The Morgan fingerprint density at radius 2 is 1.43 bits per heavy atom. The van der Waals surface area contributed by atoms with E-state index >= 15 is 0 Å². The molecule has 1 aliphatic carbocycles. The fraction of sp³-hybridized carbons (Fsp3) is 0.812. The molecule has 0 amide bonds.